The molecule has 1 aromatic heterocycles. The molecule has 0 fully saturated rings. The van der Waals surface area contributed by atoms with Crippen molar-refractivity contribution in [3.05, 3.63) is 60.2 Å². The lowest BCUT2D eigenvalue weighted by Gasteiger charge is -2.10. The molecule has 0 aliphatic rings. The van der Waals surface area contributed by atoms with E-state index in [1.165, 1.54) is 0 Å². The van der Waals surface area contributed by atoms with Gasteiger partial charge in [-0.15, -0.1) is 0 Å². The predicted molar refractivity (Wildman–Crippen MR) is 87.5 cm³/mol. The van der Waals surface area contributed by atoms with Crippen LogP contribution < -0.4 is 11.5 Å². The molecule has 1 heterocycles. The average Bonchev–Trinajstić information content (AvgIpc) is 2.54. The highest BCUT2D eigenvalue weighted by Gasteiger charge is 2.18. The molecule has 3 rings (SSSR count). The smallest absolute Gasteiger partial charge is 0.316 e. The number of nitrogen functional groups attached to an aromatic ring is 1. The Bertz CT molecular complexity index is 879. The van der Waals surface area contributed by atoms with Gasteiger partial charge in [0.1, 0.15) is 11.4 Å². The minimum absolute atomic E-state index is 0.00647. The summed E-state index contributed by atoms with van der Waals surface area (Å²) in [6.07, 6.45) is 0. The van der Waals surface area contributed by atoms with E-state index < -0.39 is 11.9 Å². The van der Waals surface area contributed by atoms with Crippen molar-refractivity contribution in [1.29, 1.82) is 0 Å². The average molecular weight is 306 g/mol. The van der Waals surface area contributed by atoms with E-state index in [1.54, 1.807) is 6.07 Å². The summed E-state index contributed by atoms with van der Waals surface area (Å²) >= 11 is 0. The second kappa shape index (κ2) is 5.76. The maximum absolute atomic E-state index is 11.7. The molecule has 0 unspecified atom stereocenters. The van der Waals surface area contributed by atoms with Crippen molar-refractivity contribution in [2.45, 2.75) is 0 Å². The number of carbonyl (C=O) groups excluding carboxylic acids is 1. The molecule has 23 heavy (non-hydrogen) atoms. The first kappa shape index (κ1) is 14.5. The summed E-state index contributed by atoms with van der Waals surface area (Å²) in [5, 5.41) is 9.59. The van der Waals surface area contributed by atoms with Crippen LogP contribution in [0, 0.1) is 0 Å². The summed E-state index contributed by atoms with van der Waals surface area (Å²) in [5.74, 6) is -0.896. The third kappa shape index (κ3) is 2.82. The third-order valence-electron chi connectivity index (χ3n) is 3.41. The van der Waals surface area contributed by atoms with Crippen LogP contribution in [0.4, 0.5) is 5.82 Å². The van der Waals surface area contributed by atoms with Crippen molar-refractivity contribution in [3.8, 4) is 28.4 Å². The molecule has 0 bridgehead atoms. The van der Waals surface area contributed by atoms with Crippen molar-refractivity contribution in [2.75, 3.05) is 5.73 Å². The van der Waals surface area contributed by atoms with Gasteiger partial charge in [0.15, 0.2) is 0 Å². The lowest BCUT2D eigenvalue weighted by molar-refractivity contribution is 0.100. The number of hydrogen-bond donors (Lipinski definition) is 3. The molecular formula is C17H14N4O2. The Hall–Kier alpha value is -3.41. The van der Waals surface area contributed by atoms with Gasteiger partial charge in [-0.05, 0) is 17.2 Å². The van der Waals surface area contributed by atoms with E-state index in [0.29, 0.717) is 5.56 Å². The molecule has 0 saturated carbocycles. The molecule has 1 amide bonds. The van der Waals surface area contributed by atoms with Gasteiger partial charge in [0.2, 0.25) is 0 Å². The zero-order valence-corrected chi connectivity index (χ0v) is 12.1. The molecule has 114 valence electrons. The molecule has 0 spiro atoms. The zero-order valence-electron chi connectivity index (χ0n) is 12.1. The third-order valence-corrected chi connectivity index (χ3v) is 3.41. The number of aromatic hydroxyl groups is 1. The van der Waals surface area contributed by atoms with Crippen LogP contribution in [0.1, 0.15) is 10.4 Å². The highest BCUT2D eigenvalue weighted by Crippen LogP contribution is 2.30. The molecule has 6 nitrogen and oxygen atoms in total. The van der Waals surface area contributed by atoms with Gasteiger partial charge < -0.3 is 16.6 Å². The first-order valence-corrected chi connectivity index (χ1v) is 6.88. The highest BCUT2D eigenvalue weighted by atomic mass is 16.3. The quantitative estimate of drug-likeness (QED) is 0.686. The fourth-order valence-corrected chi connectivity index (χ4v) is 2.39. The first-order valence-electron chi connectivity index (χ1n) is 6.88. The van der Waals surface area contributed by atoms with Gasteiger partial charge in [0.05, 0.1) is 5.69 Å². The molecule has 0 aliphatic heterocycles. The van der Waals surface area contributed by atoms with Gasteiger partial charge in [-0.3, -0.25) is 4.79 Å². The largest absolute Gasteiger partial charge is 0.479 e. The Labute approximate surface area is 132 Å². The number of anilines is 1. The SMILES string of the molecule is NC(=O)c1c(N)nc(O)nc1-c1cccc(-c2ccccc2)c1. The van der Waals surface area contributed by atoms with Gasteiger partial charge in [-0.2, -0.15) is 9.97 Å². The van der Waals surface area contributed by atoms with E-state index in [0.717, 1.165) is 11.1 Å². The fraction of sp³-hybridized carbons (Fsp3) is 0. The van der Waals surface area contributed by atoms with Crippen molar-refractivity contribution >= 4 is 11.7 Å². The Morgan fingerprint density at radius 1 is 0.913 bits per heavy atom. The van der Waals surface area contributed by atoms with Crippen LogP contribution in [-0.4, -0.2) is 21.0 Å². The molecular weight excluding hydrogens is 292 g/mol. The van der Waals surface area contributed by atoms with Crippen molar-refractivity contribution in [2.24, 2.45) is 5.73 Å². The molecule has 2 aromatic carbocycles. The number of nitrogens with zero attached hydrogens (tertiary/aromatic N) is 2. The molecule has 5 N–H and O–H groups in total. The van der Waals surface area contributed by atoms with E-state index in [2.05, 4.69) is 9.97 Å². The summed E-state index contributed by atoms with van der Waals surface area (Å²) in [5.41, 5.74) is 13.8. The Balaban J connectivity index is 2.19. The second-order valence-electron chi connectivity index (χ2n) is 4.94. The summed E-state index contributed by atoms with van der Waals surface area (Å²) in [6.45, 7) is 0. The van der Waals surface area contributed by atoms with Crippen molar-refractivity contribution in [3.63, 3.8) is 0 Å². The topological polar surface area (TPSA) is 115 Å². The molecule has 0 atom stereocenters. The number of rotatable bonds is 3. The minimum Gasteiger partial charge on any atom is -0.479 e. The van der Waals surface area contributed by atoms with Crippen LogP contribution in [-0.2, 0) is 0 Å². The minimum atomic E-state index is -0.748. The number of aromatic nitrogens is 2. The van der Waals surface area contributed by atoms with Gasteiger partial charge in [-0.25, -0.2) is 0 Å². The van der Waals surface area contributed by atoms with Crippen molar-refractivity contribution in [1.82, 2.24) is 9.97 Å². The van der Waals surface area contributed by atoms with Crippen molar-refractivity contribution < 1.29 is 9.90 Å². The molecule has 0 saturated heterocycles. The molecule has 3 aromatic rings. The molecule has 0 radical (unpaired) electrons. The number of amides is 1. The maximum Gasteiger partial charge on any atom is 0.316 e. The van der Waals surface area contributed by atoms with Crippen LogP contribution in [0.5, 0.6) is 6.01 Å². The van der Waals surface area contributed by atoms with Crippen LogP contribution >= 0.6 is 0 Å². The number of primary amides is 1. The maximum atomic E-state index is 11.7. The Morgan fingerprint density at radius 2 is 1.57 bits per heavy atom. The van der Waals surface area contributed by atoms with Crippen LogP contribution in [0.2, 0.25) is 0 Å². The van der Waals surface area contributed by atoms with Gasteiger partial charge in [-0.1, -0.05) is 48.5 Å². The lowest BCUT2D eigenvalue weighted by atomic mass is 9.99. The number of benzene rings is 2. The van der Waals surface area contributed by atoms with E-state index >= 15 is 0 Å². The summed E-state index contributed by atoms with van der Waals surface area (Å²) < 4.78 is 0. The second-order valence-corrected chi connectivity index (χ2v) is 4.94. The Kier molecular flexibility index (Phi) is 3.64. The predicted octanol–water partition coefficient (Wildman–Crippen LogP) is 2.20. The summed E-state index contributed by atoms with van der Waals surface area (Å²) in [7, 11) is 0. The number of hydrogen-bond acceptors (Lipinski definition) is 5. The highest BCUT2D eigenvalue weighted by molar-refractivity contribution is 6.03. The lowest BCUT2D eigenvalue weighted by Crippen LogP contribution is -2.17. The van der Waals surface area contributed by atoms with Gasteiger partial charge >= 0.3 is 6.01 Å². The summed E-state index contributed by atoms with van der Waals surface area (Å²) in [4.78, 5) is 19.2. The number of nitrogens with two attached hydrogens (primary N) is 2. The van der Waals surface area contributed by atoms with E-state index in [-0.39, 0.29) is 17.1 Å². The fourth-order valence-electron chi connectivity index (χ4n) is 2.39. The van der Waals surface area contributed by atoms with Crippen LogP contribution in [0.3, 0.4) is 0 Å². The standard InChI is InChI=1S/C17H14N4O2/c18-15-13(16(19)22)14(20-17(23)21-15)12-8-4-7-11(9-12)10-5-2-1-3-6-10/h1-9H,(H2,19,22)(H3,18,20,21,23). The summed E-state index contributed by atoms with van der Waals surface area (Å²) in [6, 6.07) is 16.6. The number of carbonyl (C=O) groups is 1. The molecule has 0 aliphatic carbocycles. The van der Waals surface area contributed by atoms with E-state index in [9.17, 15) is 9.90 Å². The monoisotopic (exact) mass is 306 g/mol. The normalized spacial score (nSPS) is 10.4. The van der Waals surface area contributed by atoms with Crippen LogP contribution in [0.25, 0.3) is 22.4 Å². The molecule has 6 heteroatoms. The van der Waals surface area contributed by atoms with Crippen LogP contribution in [0.15, 0.2) is 54.6 Å². The van der Waals surface area contributed by atoms with E-state index in [4.69, 9.17) is 11.5 Å². The van der Waals surface area contributed by atoms with Gasteiger partial charge in [0, 0.05) is 5.56 Å². The van der Waals surface area contributed by atoms with E-state index in [1.807, 2.05) is 48.5 Å². The zero-order chi connectivity index (χ0) is 16.4. The Morgan fingerprint density at radius 3 is 2.26 bits per heavy atom. The first-order chi connectivity index (χ1) is 11.1. The van der Waals surface area contributed by atoms with Gasteiger partial charge in [0.25, 0.3) is 5.91 Å².